The molecule has 0 amide bonds. The van der Waals surface area contributed by atoms with Crippen molar-refractivity contribution in [3.63, 3.8) is 0 Å². The second kappa shape index (κ2) is 23.7. The zero-order valence-electron chi connectivity index (χ0n) is 20.4. The van der Waals surface area contributed by atoms with Gasteiger partial charge in [0.1, 0.15) is 0 Å². The molecule has 2 atom stereocenters. The summed E-state index contributed by atoms with van der Waals surface area (Å²) in [7, 11) is -4.09. The van der Waals surface area contributed by atoms with E-state index in [1.807, 2.05) is 0 Å². The molecule has 2 unspecified atom stereocenters. The molecule has 0 aliphatic rings. The first-order chi connectivity index (χ1) is 13.9. The summed E-state index contributed by atoms with van der Waals surface area (Å²) in [6.45, 7) is 3.65. The smallest absolute Gasteiger partial charge is 0.748 e. The average Bonchev–Trinajstić information content (AvgIpc) is 2.66. The van der Waals surface area contributed by atoms with E-state index >= 15 is 0 Å². The van der Waals surface area contributed by atoms with Gasteiger partial charge in [0.15, 0.2) is 0 Å². The van der Waals surface area contributed by atoms with Gasteiger partial charge in [-0.2, -0.15) is 0 Å². The molecule has 0 bridgehead atoms. The van der Waals surface area contributed by atoms with Crippen molar-refractivity contribution in [1.82, 2.24) is 0 Å². The molecule has 0 aromatic rings. The van der Waals surface area contributed by atoms with Gasteiger partial charge in [-0.3, -0.25) is 0 Å². The summed E-state index contributed by atoms with van der Waals surface area (Å²) < 4.78 is 32.4. The largest absolute Gasteiger partial charge is 1.00 e. The molecule has 0 aromatic heterocycles. The molecule has 0 aromatic carbocycles. The third-order valence-corrected chi connectivity index (χ3v) is 7.23. The Balaban J connectivity index is 0. The van der Waals surface area contributed by atoms with Crippen LogP contribution in [0, 0.1) is 0 Å². The molecule has 30 heavy (non-hydrogen) atoms. The minimum Gasteiger partial charge on any atom is -0.748 e. The Labute approximate surface area is 230 Å². The van der Waals surface area contributed by atoms with E-state index in [-0.39, 0.29) is 57.5 Å². The van der Waals surface area contributed by atoms with Crippen molar-refractivity contribution >= 4 is 10.1 Å². The second-order valence-corrected chi connectivity index (χ2v) is 10.8. The van der Waals surface area contributed by atoms with Gasteiger partial charge in [-0.1, -0.05) is 116 Å². The van der Waals surface area contributed by atoms with Crippen molar-refractivity contribution in [2.45, 2.75) is 154 Å². The summed E-state index contributed by atoms with van der Waals surface area (Å²) in [6.07, 6.45) is 23.6. The quantitative estimate of drug-likeness (QED) is 0.146. The van der Waals surface area contributed by atoms with Gasteiger partial charge >= 0.3 is 51.4 Å². The van der Waals surface area contributed by atoms with Gasteiger partial charge in [-0.15, -0.1) is 0 Å². The molecule has 4 nitrogen and oxygen atoms in total. The molecule has 0 spiro atoms. The Morgan fingerprint density at radius 3 is 1.23 bits per heavy atom. The van der Waals surface area contributed by atoms with Crippen LogP contribution < -0.4 is 51.4 Å². The Kier molecular flexibility index (Phi) is 26.6. The maximum Gasteiger partial charge on any atom is 1.00 e. The van der Waals surface area contributed by atoms with Crippen LogP contribution >= 0.6 is 0 Å². The number of aliphatic hydroxyl groups is 1. The molecular formula is C24H49KO4S. The number of hydrogen-bond donors (Lipinski definition) is 1. The predicted octanol–water partition coefficient (Wildman–Crippen LogP) is 4.11. The minimum absolute atomic E-state index is 0. The van der Waals surface area contributed by atoms with Crippen molar-refractivity contribution in [3.8, 4) is 0 Å². The number of hydrogen-bond acceptors (Lipinski definition) is 4. The standard InChI is InChI=1S/C24H50O4S.K/c1-3-20-24(25)22-19-17-15-13-11-9-7-5-4-6-8-10-12-14-16-18-21-23(2)29(26,27)28;/h23-25H,3-22H2,1-2H3,(H,26,27,28);/q;+1/p-1. The van der Waals surface area contributed by atoms with E-state index < -0.39 is 15.4 Å². The molecule has 0 aliphatic heterocycles. The fraction of sp³-hybridized carbons (Fsp3) is 1.00. The van der Waals surface area contributed by atoms with Crippen molar-refractivity contribution in [2.24, 2.45) is 0 Å². The van der Waals surface area contributed by atoms with E-state index in [1.165, 1.54) is 90.4 Å². The fourth-order valence-corrected chi connectivity index (χ4v) is 4.36. The first-order valence-corrected chi connectivity index (χ1v) is 14.0. The predicted molar refractivity (Wildman–Crippen MR) is 123 cm³/mol. The van der Waals surface area contributed by atoms with E-state index in [4.69, 9.17) is 0 Å². The Morgan fingerprint density at radius 1 is 0.633 bits per heavy atom. The third-order valence-electron chi connectivity index (χ3n) is 6.01. The summed E-state index contributed by atoms with van der Waals surface area (Å²) in [5.41, 5.74) is 0. The normalized spacial score (nSPS) is 13.7. The van der Waals surface area contributed by atoms with Crippen LogP contribution in [0.15, 0.2) is 0 Å². The van der Waals surface area contributed by atoms with Crippen LogP contribution in [-0.4, -0.2) is 29.4 Å². The summed E-state index contributed by atoms with van der Waals surface area (Å²) in [6, 6.07) is 0. The van der Waals surface area contributed by atoms with Gasteiger partial charge in [0, 0.05) is 5.25 Å². The molecule has 0 radical (unpaired) electrons. The van der Waals surface area contributed by atoms with E-state index in [0.717, 1.165) is 38.5 Å². The topological polar surface area (TPSA) is 77.4 Å². The first-order valence-electron chi connectivity index (χ1n) is 12.5. The van der Waals surface area contributed by atoms with Crippen LogP contribution in [0.3, 0.4) is 0 Å². The van der Waals surface area contributed by atoms with Crippen molar-refractivity contribution in [3.05, 3.63) is 0 Å². The van der Waals surface area contributed by atoms with Crippen LogP contribution in [0.5, 0.6) is 0 Å². The summed E-state index contributed by atoms with van der Waals surface area (Å²) >= 11 is 0. The van der Waals surface area contributed by atoms with E-state index in [0.29, 0.717) is 6.42 Å². The van der Waals surface area contributed by atoms with E-state index in [2.05, 4.69) is 6.92 Å². The molecule has 0 aliphatic carbocycles. The number of unbranched alkanes of at least 4 members (excludes halogenated alkanes) is 15. The molecule has 0 rings (SSSR count). The summed E-state index contributed by atoms with van der Waals surface area (Å²) in [4.78, 5) is 0. The zero-order valence-corrected chi connectivity index (χ0v) is 24.3. The SMILES string of the molecule is CCCC(O)CCCCCCCCCCCCCCCCCCC(C)S(=O)(=O)[O-].[K+]. The van der Waals surface area contributed by atoms with Gasteiger partial charge in [-0.05, 0) is 26.2 Å². The fourth-order valence-electron chi connectivity index (χ4n) is 3.91. The zero-order chi connectivity index (χ0) is 21.8. The van der Waals surface area contributed by atoms with E-state index in [1.54, 1.807) is 0 Å². The Hall–Kier alpha value is 1.51. The second-order valence-electron chi connectivity index (χ2n) is 8.98. The first kappa shape index (κ1) is 33.7. The van der Waals surface area contributed by atoms with Crippen LogP contribution in [0.1, 0.15) is 142 Å². The minimum atomic E-state index is -4.09. The molecule has 6 heteroatoms. The van der Waals surface area contributed by atoms with Gasteiger partial charge in [0.2, 0.25) is 0 Å². The van der Waals surface area contributed by atoms with Crippen LogP contribution in [-0.2, 0) is 10.1 Å². The average molecular weight is 473 g/mol. The molecule has 0 saturated carbocycles. The van der Waals surface area contributed by atoms with Crippen LogP contribution in [0.4, 0.5) is 0 Å². The van der Waals surface area contributed by atoms with Gasteiger partial charge in [0.25, 0.3) is 0 Å². The Bertz CT molecular complexity index is 442. The molecule has 176 valence electrons. The maximum atomic E-state index is 10.8. The van der Waals surface area contributed by atoms with Crippen LogP contribution in [0.25, 0.3) is 0 Å². The monoisotopic (exact) mass is 472 g/mol. The molecule has 0 fully saturated rings. The maximum absolute atomic E-state index is 10.8. The number of rotatable bonds is 22. The molecular weight excluding hydrogens is 423 g/mol. The van der Waals surface area contributed by atoms with E-state index in [9.17, 15) is 18.1 Å². The van der Waals surface area contributed by atoms with Crippen molar-refractivity contribution in [2.75, 3.05) is 0 Å². The van der Waals surface area contributed by atoms with Gasteiger partial charge < -0.3 is 9.66 Å². The summed E-state index contributed by atoms with van der Waals surface area (Å²) in [5, 5.41) is 8.96. The molecule has 0 saturated heterocycles. The molecule has 0 heterocycles. The summed E-state index contributed by atoms with van der Waals surface area (Å²) in [5.74, 6) is 0. The van der Waals surface area contributed by atoms with Gasteiger partial charge in [-0.25, -0.2) is 8.42 Å². The van der Waals surface area contributed by atoms with Crippen molar-refractivity contribution in [1.29, 1.82) is 0 Å². The Morgan fingerprint density at radius 2 is 0.933 bits per heavy atom. The third kappa shape index (κ3) is 24.2. The van der Waals surface area contributed by atoms with Crippen LogP contribution in [0.2, 0.25) is 0 Å². The number of aliphatic hydroxyl groups excluding tert-OH is 1. The van der Waals surface area contributed by atoms with Crippen molar-refractivity contribution < 1.29 is 69.5 Å². The molecule has 1 N–H and O–H groups in total. The van der Waals surface area contributed by atoms with Gasteiger partial charge in [0.05, 0.1) is 16.2 Å².